The largest absolute Gasteiger partial charge is 0.444 e. The number of hydrogen-bond donors (Lipinski definition) is 0. The van der Waals surface area contributed by atoms with Gasteiger partial charge in [0.2, 0.25) is 0 Å². The van der Waals surface area contributed by atoms with Gasteiger partial charge in [-0.05, 0) is 38.0 Å². The van der Waals surface area contributed by atoms with Crippen molar-refractivity contribution >= 4 is 6.09 Å². The van der Waals surface area contributed by atoms with Gasteiger partial charge in [-0.2, -0.15) is 0 Å². The lowest BCUT2D eigenvalue weighted by molar-refractivity contribution is 0.0221. The lowest BCUT2D eigenvalue weighted by atomic mass is 10.1. The summed E-state index contributed by atoms with van der Waals surface area (Å²) in [6.07, 6.45) is 2.78. The number of amides is 1. The highest BCUT2D eigenvalue weighted by atomic mass is 19.1. The summed E-state index contributed by atoms with van der Waals surface area (Å²) < 4.78 is 23.1. The summed E-state index contributed by atoms with van der Waals surface area (Å²) in [5, 5.41) is 0. The zero-order chi connectivity index (χ0) is 15.9. The normalized spacial score (nSPS) is 11.3. The number of methoxy groups -OCH3 is 1. The highest BCUT2D eigenvalue weighted by molar-refractivity contribution is 5.68. The van der Waals surface area contributed by atoms with Crippen molar-refractivity contribution in [3.63, 3.8) is 0 Å². The molecule has 21 heavy (non-hydrogen) atoms. The average molecular weight is 298 g/mol. The fraction of sp³-hybridized carbons (Fsp3) is 0.600. The maximum absolute atomic E-state index is 12.7. The number of nitrogens with zero attached hydrogens (tertiary/aromatic N) is 2. The van der Waals surface area contributed by atoms with Gasteiger partial charge < -0.3 is 14.4 Å². The monoisotopic (exact) mass is 298 g/mol. The summed E-state index contributed by atoms with van der Waals surface area (Å²) in [5.74, 6) is 0. The van der Waals surface area contributed by atoms with Gasteiger partial charge in [0.15, 0.2) is 0 Å². The van der Waals surface area contributed by atoms with E-state index in [1.807, 2.05) is 6.07 Å². The third-order valence-electron chi connectivity index (χ3n) is 2.67. The minimum atomic E-state index is -0.626. The first-order valence-corrected chi connectivity index (χ1v) is 6.82. The molecule has 0 aliphatic heterocycles. The Morgan fingerprint density at radius 2 is 2.10 bits per heavy atom. The highest BCUT2D eigenvalue weighted by Crippen LogP contribution is 2.15. The summed E-state index contributed by atoms with van der Waals surface area (Å²) in [4.78, 5) is 17.5. The molecule has 0 N–H and O–H groups in total. The number of aromatic nitrogens is 1. The number of ether oxygens (including phenoxy) is 2. The molecule has 1 aromatic rings. The van der Waals surface area contributed by atoms with Gasteiger partial charge in [-0.25, -0.2) is 9.18 Å². The molecule has 1 rings (SSSR count). The second-order valence-corrected chi connectivity index (χ2v) is 5.67. The topological polar surface area (TPSA) is 51.7 Å². The van der Waals surface area contributed by atoms with E-state index in [-0.39, 0.29) is 13.1 Å². The Kier molecular flexibility index (Phi) is 6.55. The van der Waals surface area contributed by atoms with Gasteiger partial charge in [-0.3, -0.25) is 4.98 Å². The lowest BCUT2D eigenvalue weighted by Crippen LogP contribution is -2.37. The molecule has 1 aromatic heterocycles. The number of carbonyl (C=O) groups is 1. The van der Waals surface area contributed by atoms with Gasteiger partial charge in [0.05, 0.1) is 19.7 Å². The molecular formula is C15H23FN2O3. The predicted octanol–water partition coefficient (Wildman–Crippen LogP) is 2.93. The summed E-state index contributed by atoms with van der Waals surface area (Å²) >= 11 is 0. The fourth-order valence-electron chi connectivity index (χ4n) is 1.76. The van der Waals surface area contributed by atoms with Gasteiger partial charge >= 0.3 is 6.09 Å². The van der Waals surface area contributed by atoms with Crippen molar-refractivity contribution in [1.29, 1.82) is 0 Å². The van der Waals surface area contributed by atoms with E-state index in [0.717, 1.165) is 11.1 Å². The molecular weight excluding hydrogens is 275 g/mol. The molecule has 1 heterocycles. The number of rotatable bonds is 6. The van der Waals surface area contributed by atoms with Crippen molar-refractivity contribution in [1.82, 2.24) is 9.88 Å². The molecule has 0 aliphatic rings. The molecule has 0 spiro atoms. The van der Waals surface area contributed by atoms with Crippen molar-refractivity contribution < 1.29 is 18.7 Å². The van der Waals surface area contributed by atoms with Gasteiger partial charge in [0, 0.05) is 19.5 Å². The Bertz CT molecular complexity index is 460. The molecule has 0 aliphatic carbocycles. The van der Waals surface area contributed by atoms with Crippen LogP contribution in [0.3, 0.4) is 0 Å². The lowest BCUT2D eigenvalue weighted by Gasteiger charge is -2.27. The molecule has 0 fully saturated rings. The van der Waals surface area contributed by atoms with E-state index in [4.69, 9.17) is 9.47 Å². The Hall–Kier alpha value is -1.69. The third-order valence-corrected chi connectivity index (χ3v) is 2.67. The fourth-order valence-corrected chi connectivity index (χ4v) is 1.76. The second kappa shape index (κ2) is 7.93. The van der Waals surface area contributed by atoms with Crippen molar-refractivity contribution in [2.45, 2.75) is 39.5 Å². The van der Waals surface area contributed by atoms with E-state index in [1.54, 1.807) is 40.3 Å². The Labute approximate surface area is 125 Å². The van der Waals surface area contributed by atoms with Crippen LogP contribution in [-0.4, -0.2) is 41.9 Å². The Morgan fingerprint density at radius 1 is 1.38 bits per heavy atom. The van der Waals surface area contributed by atoms with Gasteiger partial charge in [0.25, 0.3) is 0 Å². The van der Waals surface area contributed by atoms with Crippen molar-refractivity contribution in [2.24, 2.45) is 0 Å². The standard InChI is InChI=1S/C15H23FN2O3/c1-15(2,3)21-14(19)18(8-6-16)10-13-9-17-7-5-12(13)11-20-4/h5,7,9H,6,8,10-11H2,1-4H3. The molecule has 0 bridgehead atoms. The van der Waals surface area contributed by atoms with Crippen molar-refractivity contribution in [3.8, 4) is 0 Å². The first-order chi connectivity index (χ1) is 9.87. The number of hydrogen-bond acceptors (Lipinski definition) is 4. The quantitative estimate of drug-likeness (QED) is 0.810. The molecule has 1 amide bonds. The van der Waals surface area contributed by atoms with Crippen LogP contribution in [0.15, 0.2) is 18.5 Å². The van der Waals surface area contributed by atoms with Crippen LogP contribution in [0, 0.1) is 0 Å². The first kappa shape index (κ1) is 17.4. The number of halogens is 1. The summed E-state index contributed by atoms with van der Waals surface area (Å²) in [5.41, 5.74) is 1.12. The van der Waals surface area contributed by atoms with Crippen LogP contribution in [0.25, 0.3) is 0 Å². The Balaban J connectivity index is 2.85. The third kappa shape index (κ3) is 6.08. The zero-order valence-corrected chi connectivity index (χ0v) is 13.1. The van der Waals surface area contributed by atoms with E-state index in [2.05, 4.69) is 4.98 Å². The molecule has 0 unspecified atom stereocenters. The molecule has 6 heteroatoms. The van der Waals surface area contributed by atoms with Crippen LogP contribution in [0.2, 0.25) is 0 Å². The number of carbonyl (C=O) groups excluding carboxylic acids is 1. The number of alkyl halides is 1. The summed E-state index contributed by atoms with van der Waals surface area (Å²) in [6, 6.07) is 1.82. The van der Waals surface area contributed by atoms with E-state index in [1.165, 1.54) is 4.90 Å². The predicted molar refractivity (Wildman–Crippen MR) is 77.6 cm³/mol. The molecule has 0 aromatic carbocycles. The van der Waals surface area contributed by atoms with Crippen LogP contribution < -0.4 is 0 Å². The van der Waals surface area contributed by atoms with Crippen LogP contribution in [0.1, 0.15) is 31.9 Å². The van der Waals surface area contributed by atoms with Gasteiger partial charge in [-0.15, -0.1) is 0 Å². The van der Waals surface area contributed by atoms with Crippen molar-refractivity contribution in [3.05, 3.63) is 29.6 Å². The smallest absolute Gasteiger partial charge is 0.410 e. The average Bonchev–Trinajstić information content (AvgIpc) is 2.38. The molecule has 118 valence electrons. The molecule has 0 saturated carbocycles. The highest BCUT2D eigenvalue weighted by Gasteiger charge is 2.22. The SMILES string of the molecule is COCc1ccncc1CN(CCF)C(=O)OC(C)(C)C. The van der Waals surface area contributed by atoms with E-state index in [0.29, 0.717) is 6.61 Å². The summed E-state index contributed by atoms with van der Waals surface area (Å²) in [6.45, 7) is 5.34. The molecule has 5 nitrogen and oxygen atoms in total. The Morgan fingerprint density at radius 3 is 2.67 bits per heavy atom. The minimum absolute atomic E-state index is 0.0176. The van der Waals surface area contributed by atoms with Gasteiger partial charge in [0.1, 0.15) is 12.3 Å². The summed E-state index contributed by atoms with van der Waals surface area (Å²) in [7, 11) is 1.59. The van der Waals surface area contributed by atoms with E-state index in [9.17, 15) is 9.18 Å². The maximum atomic E-state index is 12.7. The van der Waals surface area contributed by atoms with Crippen LogP contribution in [-0.2, 0) is 22.6 Å². The zero-order valence-electron chi connectivity index (χ0n) is 13.1. The first-order valence-electron chi connectivity index (χ1n) is 6.82. The van der Waals surface area contributed by atoms with Gasteiger partial charge in [-0.1, -0.05) is 0 Å². The number of pyridine rings is 1. The van der Waals surface area contributed by atoms with E-state index < -0.39 is 18.4 Å². The van der Waals surface area contributed by atoms with Crippen LogP contribution >= 0.6 is 0 Å². The molecule has 0 saturated heterocycles. The minimum Gasteiger partial charge on any atom is -0.444 e. The van der Waals surface area contributed by atoms with E-state index >= 15 is 0 Å². The van der Waals surface area contributed by atoms with Crippen LogP contribution in [0.5, 0.6) is 0 Å². The molecule has 0 atom stereocenters. The van der Waals surface area contributed by atoms with Crippen LogP contribution in [0.4, 0.5) is 9.18 Å². The maximum Gasteiger partial charge on any atom is 0.410 e. The van der Waals surface area contributed by atoms with Crippen molar-refractivity contribution in [2.75, 3.05) is 20.3 Å². The molecule has 0 radical (unpaired) electrons. The second-order valence-electron chi connectivity index (χ2n) is 5.67.